The Bertz CT molecular complexity index is 171. The first-order valence-electron chi connectivity index (χ1n) is 3.51. The lowest BCUT2D eigenvalue weighted by Crippen LogP contribution is -2.76. The Kier molecular flexibility index (Phi) is 0.976. The maximum Gasteiger partial charge on any atom is 0.422 e. The topological polar surface area (TPSA) is 52.6 Å². The molecular weight excluding hydrogens is 132 g/mol. The van der Waals surface area contributed by atoms with E-state index in [0.29, 0.717) is 0 Å². The van der Waals surface area contributed by atoms with Crippen LogP contribution >= 0.6 is 0 Å². The van der Waals surface area contributed by atoms with Gasteiger partial charge >= 0.3 is 6.09 Å². The quantitative estimate of drug-likeness (QED) is 0.515. The van der Waals surface area contributed by atoms with Crippen LogP contribution in [0, 0.1) is 0 Å². The highest BCUT2D eigenvalue weighted by Gasteiger charge is 2.52. The molecule has 4 nitrogen and oxygen atoms in total. The van der Waals surface area contributed by atoms with Gasteiger partial charge < -0.3 is 5.11 Å². The van der Waals surface area contributed by atoms with E-state index in [-0.39, 0.29) is 5.54 Å². The summed E-state index contributed by atoms with van der Waals surface area (Å²) in [6.45, 7) is 0.847. The molecule has 4 heteroatoms. The second-order valence-corrected chi connectivity index (χ2v) is 3.03. The summed E-state index contributed by atoms with van der Waals surface area (Å²) < 4.78 is 0. The van der Waals surface area contributed by atoms with E-state index >= 15 is 0 Å². The average molecular weight is 142 g/mol. The van der Waals surface area contributed by atoms with Crippen molar-refractivity contribution in [1.29, 1.82) is 0 Å². The van der Waals surface area contributed by atoms with Crippen LogP contribution in [-0.4, -0.2) is 28.3 Å². The minimum atomic E-state index is -0.842. The molecule has 1 aliphatic carbocycles. The van der Waals surface area contributed by atoms with Gasteiger partial charge in [-0.2, -0.15) is 0 Å². The molecule has 1 amide bonds. The van der Waals surface area contributed by atoms with Gasteiger partial charge in [0.2, 0.25) is 0 Å². The molecule has 0 aromatic rings. The second kappa shape index (κ2) is 1.63. The van der Waals surface area contributed by atoms with Gasteiger partial charge in [0, 0.05) is 6.54 Å². The van der Waals surface area contributed by atoms with Crippen molar-refractivity contribution in [2.45, 2.75) is 24.8 Å². The van der Waals surface area contributed by atoms with Gasteiger partial charge in [0.05, 0.1) is 5.54 Å². The van der Waals surface area contributed by atoms with Crippen LogP contribution < -0.4 is 5.43 Å². The largest absolute Gasteiger partial charge is 0.464 e. The normalized spacial score (nSPS) is 27.4. The maximum atomic E-state index is 10.5. The fourth-order valence-electron chi connectivity index (χ4n) is 1.64. The molecule has 1 spiro atoms. The Balaban J connectivity index is 2.05. The van der Waals surface area contributed by atoms with Crippen LogP contribution in [0.5, 0.6) is 0 Å². The highest BCUT2D eigenvalue weighted by molar-refractivity contribution is 5.67. The summed E-state index contributed by atoms with van der Waals surface area (Å²) in [6, 6.07) is 0. The minimum absolute atomic E-state index is 0.00579. The molecule has 0 bridgehead atoms. The van der Waals surface area contributed by atoms with E-state index < -0.39 is 6.09 Å². The van der Waals surface area contributed by atoms with Crippen LogP contribution in [0.1, 0.15) is 19.3 Å². The number of rotatable bonds is 0. The second-order valence-electron chi connectivity index (χ2n) is 3.03. The van der Waals surface area contributed by atoms with Gasteiger partial charge in [0.25, 0.3) is 0 Å². The Morgan fingerprint density at radius 3 is 2.40 bits per heavy atom. The minimum Gasteiger partial charge on any atom is -0.464 e. The molecule has 2 N–H and O–H groups in total. The van der Waals surface area contributed by atoms with Crippen molar-refractivity contribution >= 4 is 6.09 Å². The Labute approximate surface area is 58.8 Å². The maximum absolute atomic E-state index is 10.5. The fourth-order valence-corrected chi connectivity index (χ4v) is 1.64. The fraction of sp³-hybridized carbons (Fsp3) is 0.833. The zero-order valence-corrected chi connectivity index (χ0v) is 5.63. The molecule has 1 saturated carbocycles. The number of carboxylic acid groups (broad SMARTS) is 1. The molecule has 2 fully saturated rings. The summed E-state index contributed by atoms with van der Waals surface area (Å²) in [5.74, 6) is 0. The van der Waals surface area contributed by atoms with E-state index in [1.165, 1.54) is 11.4 Å². The lowest BCUT2D eigenvalue weighted by molar-refractivity contribution is -0.0897. The summed E-state index contributed by atoms with van der Waals surface area (Å²) in [4.78, 5) is 10.5. The van der Waals surface area contributed by atoms with Crippen molar-refractivity contribution in [2.75, 3.05) is 6.54 Å². The molecule has 2 aliphatic rings. The number of hydrazine groups is 1. The monoisotopic (exact) mass is 142 g/mol. The van der Waals surface area contributed by atoms with Crippen molar-refractivity contribution in [3.05, 3.63) is 0 Å². The molecule has 0 atom stereocenters. The van der Waals surface area contributed by atoms with E-state index in [9.17, 15) is 4.79 Å². The molecule has 1 saturated heterocycles. The number of hydrogen-bond acceptors (Lipinski definition) is 2. The van der Waals surface area contributed by atoms with E-state index in [0.717, 1.165) is 19.4 Å². The third-order valence-electron chi connectivity index (χ3n) is 2.52. The van der Waals surface area contributed by atoms with E-state index in [1.807, 2.05) is 0 Å². The molecule has 0 radical (unpaired) electrons. The number of amides is 1. The highest BCUT2D eigenvalue weighted by Crippen LogP contribution is 2.40. The van der Waals surface area contributed by atoms with Crippen LogP contribution in [0.25, 0.3) is 0 Å². The third-order valence-corrected chi connectivity index (χ3v) is 2.52. The molecule has 0 unspecified atom stereocenters. The molecule has 0 aromatic heterocycles. The molecule has 10 heavy (non-hydrogen) atoms. The van der Waals surface area contributed by atoms with Crippen molar-refractivity contribution in [2.24, 2.45) is 0 Å². The first-order valence-corrected chi connectivity index (χ1v) is 3.51. The number of nitrogens with one attached hydrogen (secondary N) is 1. The Morgan fingerprint density at radius 2 is 2.30 bits per heavy atom. The first kappa shape index (κ1) is 5.97. The van der Waals surface area contributed by atoms with Gasteiger partial charge in [0.1, 0.15) is 0 Å². The average Bonchev–Trinajstić information content (AvgIpc) is 1.53. The van der Waals surface area contributed by atoms with Crippen molar-refractivity contribution < 1.29 is 9.90 Å². The Morgan fingerprint density at radius 1 is 1.60 bits per heavy atom. The summed E-state index contributed by atoms with van der Waals surface area (Å²) in [6.07, 6.45) is 2.40. The number of hydrogen-bond donors (Lipinski definition) is 2. The molecule has 2 rings (SSSR count). The summed E-state index contributed by atoms with van der Waals surface area (Å²) in [7, 11) is 0. The van der Waals surface area contributed by atoms with Gasteiger partial charge in [0.15, 0.2) is 0 Å². The molecule has 1 aliphatic heterocycles. The van der Waals surface area contributed by atoms with Crippen molar-refractivity contribution in [3.63, 3.8) is 0 Å². The van der Waals surface area contributed by atoms with Crippen molar-refractivity contribution in [3.8, 4) is 0 Å². The van der Waals surface area contributed by atoms with Crippen LogP contribution in [0.3, 0.4) is 0 Å². The van der Waals surface area contributed by atoms with Crippen molar-refractivity contribution in [1.82, 2.24) is 10.4 Å². The predicted molar refractivity (Wildman–Crippen MR) is 34.4 cm³/mol. The molecule has 1 heterocycles. The standard InChI is InChI=1S/C6H10N2O2/c9-5(10)8-6(4-7-8)2-1-3-6/h7H,1-4H2,(H,9,10). The smallest absolute Gasteiger partial charge is 0.422 e. The summed E-state index contributed by atoms with van der Waals surface area (Å²) >= 11 is 0. The lowest BCUT2D eigenvalue weighted by Gasteiger charge is -2.56. The first-order chi connectivity index (χ1) is 4.75. The van der Waals surface area contributed by atoms with Gasteiger partial charge in [-0.25, -0.2) is 15.2 Å². The Hall–Kier alpha value is -0.770. The van der Waals surface area contributed by atoms with E-state index in [1.54, 1.807) is 0 Å². The zero-order valence-electron chi connectivity index (χ0n) is 5.63. The number of carbonyl (C=O) groups is 1. The molecule has 0 aromatic carbocycles. The van der Waals surface area contributed by atoms with Gasteiger partial charge in [-0.05, 0) is 19.3 Å². The predicted octanol–water partition coefficient (Wildman–Crippen LogP) is 0.407. The van der Waals surface area contributed by atoms with Crippen LogP contribution in [0.15, 0.2) is 0 Å². The molecular formula is C6H10N2O2. The van der Waals surface area contributed by atoms with Gasteiger partial charge in [-0.15, -0.1) is 0 Å². The zero-order chi connectivity index (χ0) is 7.19. The van der Waals surface area contributed by atoms with Gasteiger partial charge in [-0.1, -0.05) is 0 Å². The van der Waals surface area contributed by atoms with Crippen LogP contribution in [-0.2, 0) is 0 Å². The van der Waals surface area contributed by atoms with E-state index in [2.05, 4.69) is 5.43 Å². The summed E-state index contributed by atoms with van der Waals surface area (Å²) in [5.41, 5.74) is 2.78. The van der Waals surface area contributed by atoms with Crippen LogP contribution in [0.4, 0.5) is 4.79 Å². The lowest BCUT2D eigenvalue weighted by atomic mass is 9.74. The third kappa shape index (κ3) is 0.520. The van der Waals surface area contributed by atoms with E-state index in [4.69, 9.17) is 5.11 Å². The molecule has 56 valence electrons. The summed E-state index contributed by atoms with van der Waals surface area (Å²) in [5, 5.41) is 9.94. The van der Waals surface area contributed by atoms with Gasteiger partial charge in [-0.3, -0.25) is 0 Å². The SMILES string of the molecule is O=C(O)N1NCC12CCC2. The highest BCUT2D eigenvalue weighted by atomic mass is 16.4. The number of nitrogens with zero attached hydrogens (tertiary/aromatic N) is 1. The van der Waals surface area contributed by atoms with Crippen LogP contribution in [0.2, 0.25) is 0 Å².